The Morgan fingerprint density at radius 2 is 1.42 bits per heavy atom. The zero-order chi connectivity index (χ0) is 28.3. The van der Waals surface area contributed by atoms with Gasteiger partial charge in [-0.25, -0.2) is 8.42 Å². The molecule has 1 heterocycles. The third-order valence-corrected chi connectivity index (χ3v) is 10.1. The van der Waals surface area contributed by atoms with Gasteiger partial charge in [-0.1, -0.05) is 104 Å². The Bertz CT molecular complexity index is 1750. The van der Waals surface area contributed by atoms with Gasteiger partial charge in [-0.15, -0.1) is 31.4 Å². The van der Waals surface area contributed by atoms with Crippen LogP contribution in [0.2, 0.25) is 5.02 Å². The van der Waals surface area contributed by atoms with Crippen molar-refractivity contribution in [1.82, 2.24) is 4.57 Å². The molecular formula is C35H38Cl3NO3S. The second-order valence-corrected chi connectivity index (χ2v) is 12.4. The Labute approximate surface area is 272 Å². The Morgan fingerprint density at radius 3 is 1.95 bits per heavy atom. The van der Waals surface area contributed by atoms with Crippen LogP contribution in [0, 0.1) is 0 Å². The average molecular weight is 659 g/mol. The number of benzene rings is 4. The van der Waals surface area contributed by atoms with Crippen molar-refractivity contribution in [3.8, 4) is 22.3 Å². The van der Waals surface area contributed by atoms with Crippen LogP contribution in [0.15, 0.2) is 115 Å². The van der Waals surface area contributed by atoms with Gasteiger partial charge in [-0.2, -0.15) is 0 Å². The minimum Gasteiger partial charge on any atom is -0.396 e. The van der Waals surface area contributed by atoms with Gasteiger partial charge < -0.3 is 9.67 Å². The Balaban J connectivity index is 0.00000215. The Morgan fingerprint density at radius 1 is 0.884 bits per heavy atom. The van der Waals surface area contributed by atoms with Crippen LogP contribution in [0.4, 0.5) is 0 Å². The van der Waals surface area contributed by atoms with Gasteiger partial charge in [-0.3, -0.25) is 0 Å². The molecule has 228 valence electrons. The van der Waals surface area contributed by atoms with Gasteiger partial charge in [0.05, 0.1) is 15.2 Å². The van der Waals surface area contributed by atoms with Crippen LogP contribution < -0.4 is 0 Å². The van der Waals surface area contributed by atoms with Gasteiger partial charge in [0.2, 0.25) is 0 Å². The quantitative estimate of drug-likeness (QED) is 0.152. The molecule has 0 fully saturated rings. The topological polar surface area (TPSA) is 59.3 Å². The van der Waals surface area contributed by atoms with E-state index in [-0.39, 0.29) is 43.7 Å². The molecule has 0 saturated carbocycles. The summed E-state index contributed by atoms with van der Waals surface area (Å²) in [6.45, 7) is 3.85. The summed E-state index contributed by atoms with van der Waals surface area (Å²) in [6, 6.07) is 30.7. The van der Waals surface area contributed by atoms with E-state index in [0.717, 1.165) is 44.4 Å². The Kier molecular flexibility index (Phi) is 13.1. The number of fused-ring (bicyclic) bond motifs is 1. The van der Waals surface area contributed by atoms with E-state index >= 15 is 0 Å². The highest BCUT2D eigenvalue weighted by Gasteiger charge is 2.28. The fourth-order valence-electron chi connectivity index (χ4n) is 5.58. The van der Waals surface area contributed by atoms with E-state index in [1.165, 1.54) is 6.08 Å². The molecule has 0 aliphatic heterocycles. The minimum absolute atomic E-state index is 0. The first kappa shape index (κ1) is 36.1. The van der Waals surface area contributed by atoms with Crippen molar-refractivity contribution in [3.63, 3.8) is 0 Å². The normalized spacial score (nSPS) is 11.6. The molecule has 4 aromatic carbocycles. The number of halogens is 3. The lowest BCUT2D eigenvalue weighted by molar-refractivity contribution is 0.296. The Hall–Kier alpha value is -3.06. The zero-order valence-electron chi connectivity index (χ0n) is 23.2. The van der Waals surface area contributed by atoms with Crippen molar-refractivity contribution in [2.75, 3.05) is 6.61 Å². The average Bonchev–Trinajstić information content (AvgIpc) is 3.24. The third kappa shape index (κ3) is 7.03. The van der Waals surface area contributed by atoms with Crippen molar-refractivity contribution < 1.29 is 13.5 Å². The summed E-state index contributed by atoms with van der Waals surface area (Å²) in [5.74, 6) is 0. The third-order valence-electron chi connectivity index (χ3n) is 7.57. The number of nitrogens with zero attached hydrogens (tertiary/aromatic N) is 1. The molecule has 0 spiro atoms. The van der Waals surface area contributed by atoms with Gasteiger partial charge in [-0.05, 0) is 47.7 Å². The first-order valence-corrected chi connectivity index (χ1v) is 15.3. The van der Waals surface area contributed by atoms with E-state index in [0.29, 0.717) is 24.3 Å². The SMILES string of the molecule is C.C=CC(CCc1c(CCO)n(C)c2cc(-c3ccccc3)c(Cl)c(-c3ccccc3)c12)S(=O)(=O)c1ccccc1.Cl.Cl. The second kappa shape index (κ2) is 15.6. The summed E-state index contributed by atoms with van der Waals surface area (Å²) >= 11 is 7.24. The predicted octanol–water partition coefficient (Wildman–Crippen LogP) is 9.14. The molecule has 43 heavy (non-hydrogen) atoms. The van der Waals surface area contributed by atoms with Crippen LogP contribution in [0.1, 0.15) is 25.1 Å². The highest BCUT2D eigenvalue weighted by Crippen LogP contribution is 2.45. The summed E-state index contributed by atoms with van der Waals surface area (Å²) in [5, 5.41) is 10.9. The molecule has 1 unspecified atom stereocenters. The first-order chi connectivity index (χ1) is 19.4. The van der Waals surface area contributed by atoms with E-state index < -0.39 is 15.1 Å². The largest absolute Gasteiger partial charge is 0.396 e. The lowest BCUT2D eigenvalue weighted by atomic mass is 9.92. The van der Waals surface area contributed by atoms with Crippen LogP contribution in [0.25, 0.3) is 33.2 Å². The standard InChI is InChI=1S/C34H32ClNO3S.CH4.2ClH/c1-3-26(40(38,39)27-17-11-6-12-18-27)19-20-28-30(21-22-37)36(2)31-23-29(24-13-7-4-8-14-24)34(35)32(33(28)31)25-15-9-5-10-16-25;;;/h3-18,23,26,37H,1,19-22H2,2H3;1H4;2*1H. The minimum atomic E-state index is -3.61. The molecule has 0 amide bonds. The molecule has 4 nitrogen and oxygen atoms in total. The van der Waals surface area contributed by atoms with E-state index in [1.807, 2.05) is 67.7 Å². The number of hydrogen-bond acceptors (Lipinski definition) is 3. The van der Waals surface area contributed by atoms with Crippen LogP contribution >= 0.6 is 36.4 Å². The molecule has 8 heteroatoms. The molecule has 1 atom stereocenters. The number of hydrogen-bond donors (Lipinski definition) is 1. The van der Waals surface area contributed by atoms with Crippen molar-refractivity contribution in [3.05, 3.63) is 126 Å². The monoisotopic (exact) mass is 657 g/mol. The molecule has 1 N–H and O–H groups in total. The van der Waals surface area contributed by atoms with Gasteiger partial charge in [0.15, 0.2) is 9.84 Å². The smallest absolute Gasteiger partial charge is 0.184 e. The number of aromatic nitrogens is 1. The van der Waals surface area contributed by atoms with Crippen LogP contribution in [-0.4, -0.2) is 29.9 Å². The summed E-state index contributed by atoms with van der Waals surface area (Å²) in [4.78, 5) is 0.286. The molecule has 5 aromatic rings. The zero-order valence-corrected chi connectivity index (χ0v) is 26.4. The molecule has 0 saturated heterocycles. The number of aliphatic hydroxyl groups excluding tert-OH is 1. The molecule has 0 aliphatic carbocycles. The summed E-state index contributed by atoms with van der Waals surface area (Å²) < 4.78 is 29.1. The molecule has 0 aliphatic rings. The van der Waals surface area contributed by atoms with E-state index in [4.69, 9.17) is 11.6 Å². The van der Waals surface area contributed by atoms with E-state index in [2.05, 4.69) is 17.2 Å². The molecular weight excluding hydrogens is 621 g/mol. The number of sulfone groups is 1. The maximum atomic E-state index is 13.5. The van der Waals surface area contributed by atoms with Gasteiger partial charge in [0, 0.05) is 47.8 Å². The predicted molar refractivity (Wildman–Crippen MR) is 187 cm³/mol. The van der Waals surface area contributed by atoms with Crippen molar-refractivity contribution in [1.29, 1.82) is 0 Å². The summed E-state index contributed by atoms with van der Waals surface area (Å²) in [6.07, 6.45) is 2.80. The maximum absolute atomic E-state index is 13.5. The van der Waals surface area contributed by atoms with Gasteiger partial charge >= 0.3 is 0 Å². The highest BCUT2D eigenvalue weighted by atomic mass is 35.5. The van der Waals surface area contributed by atoms with Gasteiger partial charge in [0.1, 0.15) is 0 Å². The van der Waals surface area contributed by atoms with Gasteiger partial charge in [0.25, 0.3) is 0 Å². The molecule has 0 radical (unpaired) electrons. The fraction of sp³-hybridized carbons (Fsp3) is 0.200. The molecule has 1 aromatic heterocycles. The van der Waals surface area contributed by atoms with Crippen molar-refractivity contribution >= 4 is 57.2 Å². The van der Waals surface area contributed by atoms with E-state index in [9.17, 15) is 13.5 Å². The molecule has 0 bridgehead atoms. The lowest BCUT2D eigenvalue weighted by Crippen LogP contribution is -2.20. The van der Waals surface area contributed by atoms with Crippen molar-refractivity contribution in [2.24, 2.45) is 7.05 Å². The first-order valence-electron chi connectivity index (χ1n) is 13.3. The lowest BCUT2D eigenvalue weighted by Gasteiger charge is -2.16. The second-order valence-electron chi connectivity index (χ2n) is 9.87. The number of aliphatic hydroxyl groups is 1. The highest BCUT2D eigenvalue weighted by molar-refractivity contribution is 7.92. The van der Waals surface area contributed by atoms with Crippen LogP contribution in [0.5, 0.6) is 0 Å². The summed E-state index contributed by atoms with van der Waals surface area (Å²) in [5.41, 5.74) is 6.79. The maximum Gasteiger partial charge on any atom is 0.184 e. The fourth-order valence-corrected chi connectivity index (χ4v) is 7.51. The molecule has 5 rings (SSSR count). The number of aryl methyl sites for hydroxylation is 2. The van der Waals surface area contributed by atoms with Crippen LogP contribution in [-0.2, 0) is 29.7 Å². The number of rotatable bonds is 10. The van der Waals surface area contributed by atoms with E-state index in [1.54, 1.807) is 30.3 Å². The summed E-state index contributed by atoms with van der Waals surface area (Å²) in [7, 11) is -1.61. The van der Waals surface area contributed by atoms with Crippen LogP contribution in [0.3, 0.4) is 0 Å². The van der Waals surface area contributed by atoms with Crippen molar-refractivity contribution in [2.45, 2.75) is 36.8 Å².